The van der Waals surface area contributed by atoms with Gasteiger partial charge in [-0.25, -0.2) is 9.97 Å². The number of benzene rings is 4. The van der Waals surface area contributed by atoms with E-state index in [2.05, 4.69) is 97.1 Å². The summed E-state index contributed by atoms with van der Waals surface area (Å²) in [5.41, 5.74) is 11.5. The molecule has 2 aromatic heterocycles. The smallest absolute Gasteiger partial charge is 0.221 e. The summed E-state index contributed by atoms with van der Waals surface area (Å²) in [5, 5.41) is 3.56. The Bertz CT molecular complexity index is 1560. The van der Waals surface area contributed by atoms with Gasteiger partial charge >= 0.3 is 0 Å². The van der Waals surface area contributed by atoms with E-state index in [1.54, 1.807) is 11.3 Å². The minimum absolute atomic E-state index is 0.294. The molecule has 3 nitrogen and oxygen atoms in total. The third-order valence-electron chi connectivity index (χ3n) is 5.95. The van der Waals surface area contributed by atoms with Gasteiger partial charge in [-0.2, -0.15) is 0 Å². The standard InChI is InChI=1S/C29H21N3S/c30-29-31-27(23-15-8-13-20-11-4-6-14-22(20)23)24(17-19-9-2-1-3-10-19)28(32-29)26-18-21-12-5-7-16-25(21)33-26/h1-16,18H,17H2,(H2,30,31,32). The predicted molar refractivity (Wildman–Crippen MR) is 139 cm³/mol. The molecule has 4 aromatic carbocycles. The Balaban J connectivity index is 1.65. The zero-order valence-electron chi connectivity index (χ0n) is 17.9. The highest BCUT2D eigenvalue weighted by Crippen LogP contribution is 2.39. The van der Waals surface area contributed by atoms with Crippen LogP contribution in [0.15, 0.2) is 103 Å². The van der Waals surface area contributed by atoms with Crippen LogP contribution in [0.25, 0.3) is 42.7 Å². The van der Waals surface area contributed by atoms with Gasteiger partial charge in [0.25, 0.3) is 0 Å². The van der Waals surface area contributed by atoms with Crippen LogP contribution < -0.4 is 5.73 Å². The maximum atomic E-state index is 6.32. The number of anilines is 1. The van der Waals surface area contributed by atoms with E-state index in [1.807, 2.05) is 6.07 Å². The van der Waals surface area contributed by atoms with Gasteiger partial charge < -0.3 is 5.73 Å². The minimum atomic E-state index is 0.294. The lowest BCUT2D eigenvalue weighted by Gasteiger charge is -2.16. The van der Waals surface area contributed by atoms with Crippen LogP contribution in [-0.4, -0.2) is 9.97 Å². The molecule has 0 atom stereocenters. The van der Waals surface area contributed by atoms with Gasteiger partial charge in [-0.1, -0.05) is 91.0 Å². The van der Waals surface area contributed by atoms with Crippen LogP contribution >= 0.6 is 11.3 Å². The minimum Gasteiger partial charge on any atom is -0.368 e. The zero-order chi connectivity index (χ0) is 22.2. The first-order chi connectivity index (χ1) is 16.3. The van der Waals surface area contributed by atoms with Gasteiger partial charge in [-0.3, -0.25) is 0 Å². The Labute approximate surface area is 196 Å². The van der Waals surface area contributed by atoms with Crippen LogP contribution in [-0.2, 0) is 6.42 Å². The first-order valence-electron chi connectivity index (χ1n) is 10.9. The summed E-state index contributed by atoms with van der Waals surface area (Å²) in [7, 11) is 0. The molecule has 6 rings (SSSR count). The highest BCUT2D eigenvalue weighted by Gasteiger charge is 2.20. The fourth-order valence-corrected chi connectivity index (χ4v) is 5.51. The summed E-state index contributed by atoms with van der Waals surface area (Å²) in [6, 6.07) is 35.9. The van der Waals surface area contributed by atoms with Gasteiger partial charge in [-0.15, -0.1) is 11.3 Å². The Morgan fingerprint density at radius 3 is 2.21 bits per heavy atom. The lowest BCUT2D eigenvalue weighted by atomic mass is 9.94. The summed E-state index contributed by atoms with van der Waals surface area (Å²) >= 11 is 1.75. The normalized spacial score (nSPS) is 11.3. The Morgan fingerprint density at radius 1 is 0.667 bits per heavy atom. The molecule has 0 bridgehead atoms. The summed E-state index contributed by atoms with van der Waals surface area (Å²) in [6.45, 7) is 0. The summed E-state index contributed by atoms with van der Waals surface area (Å²) in [4.78, 5) is 10.7. The van der Waals surface area contributed by atoms with E-state index in [0.29, 0.717) is 5.95 Å². The van der Waals surface area contributed by atoms with E-state index in [9.17, 15) is 0 Å². The lowest BCUT2D eigenvalue weighted by Crippen LogP contribution is -2.05. The van der Waals surface area contributed by atoms with Crippen LogP contribution in [0.2, 0.25) is 0 Å². The number of hydrogen-bond acceptors (Lipinski definition) is 4. The topological polar surface area (TPSA) is 51.8 Å². The molecule has 2 heterocycles. The second-order valence-corrected chi connectivity index (χ2v) is 9.18. The molecule has 0 fully saturated rings. The molecule has 0 spiro atoms. The van der Waals surface area contributed by atoms with Crippen molar-refractivity contribution in [2.75, 3.05) is 5.73 Å². The molecule has 0 aliphatic heterocycles. The van der Waals surface area contributed by atoms with Gasteiger partial charge in [0.15, 0.2) is 0 Å². The lowest BCUT2D eigenvalue weighted by molar-refractivity contribution is 1.10. The molecule has 0 amide bonds. The number of thiophene rings is 1. The average Bonchev–Trinajstić information content (AvgIpc) is 3.29. The fraction of sp³-hybridized carbons (Fsp3) is 0.0345. The molecule has 33 heavy (non-hydrogen) atoms. The average molecular weight is 444 g/mol. The third-order valence-corrected chi connectivity index (χ3v) is 7.07. The van der Waals surface area contributed by atoms with Crippen molar-refractivity contribution in [2.24, 2.45) is 0 Å². The quantitative estimate of drug-likeness (QED) is 0.310. The molecule has 0 radical (unpaired) electrons. The molecule has 4 heteroatoms. The van der Waals surface area contributed by atoms with Crippen molar-refractivity contribution in [3.8, 4) is 21.8 Å². The Hall–Kier alpha value is -4.02. The van der Waals surface area contributed by atoms with Gasteiger partial charge in [0, 0.05) is 22.2 Å². The van der Waals surface area contributed by atoms with Gasteiger partial charge in [0.1, 0.15) is 0 Å². The molecule has 0 aliphatic rings. The Morgan fingerprint density at radius 2 is 1.36 bits per heavy atom. The van der Waals surface area contributed by atoms with Gasteiger partial charge in [-0.05, 0) is 33.9 Å². The van der Waals surface area contributed by atoms with Crippen molar-refractivity contribution in [1.82, 2.24) is 9.97 Å². The number of rotatable bonds is 4. The third kappa shape index (κ3) is 3.65. The van der Waals surface area contributed by atoms with Crippen LogP contribution in [0.4, 0.5) is 5.95 Å². The first kappa shape index (κ1) is 19.6. The molecular formula is C29H21N3S. The van der Waals surface area contributed by atoms with Crippen LogP contribution in [0.1, 0.15) is 11.1 Å². The van der Waals surface area contributed by atoms with E-state index in [1.165, 1.54) is 21.0 Å². The van der Waals surface area contributed by atoms with Gasteiger partial charge in [0.05, 0.1) is 16.3 Å². The highest BCUT2D eigenvalue weighted by molar-refractivity contribution is 7.22. The molecule has 2 N–H and O–H groups in total. The van der Waals surface area contributed by atoms with Crippen molar-refractivity contribution in [2.45, 2.75) is 6.42 Å². The van der Waals surface area contributed by atoms with Crippen LogP contribution in [0.3, 0.4) is 0 Å². The van der Waals surface area contributed by atoms with Crippen molar-refractivity contribution < 1.29 is 0 Å². The number of aromatic nitrogens is 2. The number of nitrogens with zero attached hydrogens (tertiary/aromatic N) is 2. The Kier molecular flexibility index (Phi) is 4.85. The van der Waals surface area contributed by atoms with E-state index in [4.69, 9.17) is 15.7 Å². The van der Waals surface area contributed by atoms with Gasteiger partial charge in [0.2, 0.25) is 5.95 Å². The number of nitrogen functional groups attached to an aromatic ring is 1. The number of fused-ring (bicyclic) bond motifs is 2. The van der Waals surface area contributed by atoms with E-state index in [0.717, 1.165) is 39.2 Å². The second-order valence-electron chi connectivity index (χ2n) is 8.10. The highest BCUT2D eigenvalue weighted by atomic mass is 32.1. The maximum Gasteiger partial charge on any atom is 0.221 e. The largest absolute Gasteiger partial charge is 0.368 e. The van der Waals surface area contributed by atoms with E-state index in [-0.39, 0.29) is 0 Å². The molecule has 0 saturated heterocycles. The van der Waals surface area contributed by atoms with Crippen molar-refractivity contribution >= 4 is 38.1 Å². The molecule has 0 aliphatic carbocycles. The van der Waals surface area contributed by atoms with Crippen LogP contribution in [0, 0.1) is 0 Å². The van der Waals surface area contributed by atoms with Crippen LogP contribution in [0.5, 0.6) is 0 Å². The summed E-state index contributed by atoms with van der Waals surface area (Å²) < 4.78 is 1.24. The molecule has 0 saturated carbocycles. The monoisotopic (exact) mass is 443 g/mol. The van der Waals surface area contributed by atoms with E-state index < -0.39 is 0 Å². The fourth-order valence-electron chi connectivity index (χ4n) is 4.43. The van der Waals surface area contributed by atoms with Crippen molar-refractivity contribution in [1.29, 1.82) is 0 Å². The maximum absolute atomic E-state index is 6.32. The molecule has 158 valence electrons. The summed E-state index contributed by atoms with van der Waals surface area (Å²) in [6.07, 6.45) is 0.725. The zero-order valence-corrected chi connectivity index (χ0v) is 18.7. The van der Waals surface area contributed by atoms with Crippen molar-refractivity contribution in [3.05, 3.63) is 114 Å². The molecular weight excluding hydrogens is 422 g/mol. The number of hydrogen-bond donors (Lipinski definition) is 1. The predicted octanol–water partition coefficient (Wildman–Crippen LogP) is 7.35. The summed E-state index contributed by atoms with van der Waals surface area (Å²) in [5.74, 6) is 0.294. The van der Waals surface area contributed by atoms with Crippen molar-refractivity contribution in [3.63, 3.8) is 0 Å². The number of nitrogens with two attached hydrogens (primary N) is 1. The second kappa shape index (κ2) is 8.15. The molecule has 0 unspecified atom stereocenters. The SMILES string of the molecule is Nc1nc(-c2cc3ccccc3s2)c(Cc2ccccc2)c(-c2cccc3ccccc23)n1. The van der Waals surface area contributed by atoms with E-state index >= 15 is 0 Å². The molecule has 6 aromatic rings. The first-order valence-corrected chi connectivity index (χ1v) is 11.8.